The second-order valence-corrected chi connectivity index (χ2v) is 6.27. The highest BCUT2D eigenvalue weighted by atomic mass is 32.2. The highest BCUT2D eigenvalue weighted by molar-refractivity contribution is 7.99. The lowest BCUT2D eigenvalue weighted by Gasteiger charge is -2.16. The molecular formula is C19H16O4S. The first-order valence-corrected chi connectivity index (χ1v) is 8.33. The van der Waals surface area contributed by atoms with Crippen LogP contribution in [0.2, 0.25) is 0 Å². The zero-order chi connectivity index (χ0) is 17.1. The Labute approximate surface area is 144 Å². The first kappa shape index (κ1) is 16.3. The SMILES string of the molecule is CCOC1=CC(=O)c2cc(Sc3ccc(OC)cc3)ccc2C1=O. The molecule has 0 amide bonds. The first-order valence-electron chi connectivity index (χ1n) is 7.52. The number of methoxy groups -OCH3 is 1. The maximum atomic E-state index is 12.3. The third-order valence-corrected chi connectivity index (χ3v) is 4.58. The largest absolute Gasteiger partial charge is 0.497 e. The highest BCUT2D eigenvalue weighted by Gasteiger charge is 2.26. The fraction of sp³-hybridized carbons (Fsp3) is 0.158. The molecule has 0 N–H and O–H groups in total. The summed E-state index contributed by atoms with van der Waals surface area (Å²) in [6, 6.07) is 12.9. The summed E-state index contributed by atoms with van der Waals surface area (Å²) in [6.07, 6.45) is 1.27. The van der Waals surface area contributed by atoms with Crippen LogP contribution in [0.1, 0.15) is 27.6 Å². The molecule has 5 heteroatoms. The lowest BCUT2D eigenvalue weighted by atomic mass is 9.94. The Morgan fingerprint density at radius 2 is 1.67 bits per heavy atom. The van der Waals surface area contributed by atoms with Gasteiger partial charge in [-0.15, -0.1) is 0 Å². The van der Waals surface area contributed by atoms with Crippen LogP contribution in [0, 0.1) is 0 Å². The van der Waals surface area contributed by atoms with Gasteiger partial charge in [0.2, 0.25) is 5.78 Å². The Balaban J connectivity index is 1.87. The van der Waals surface area contributed by atoms with Crippen molar-refractivity contribution >= 4 is 23.3 Å². The molecule has 0 unspecified atom stereocenters. The Kier molecular flexibility index (Phi) is 4.71. The van der Waals surface area contributed by atoms with Gasteiger partial charge in [0.05, 0.1) is 13.7 Å². The van der Waals surface area contributed by atoms with Crippen LogP contribution in [-0.2, 0) is 4.74 Å². The molecule has 1 aliphatic rings. The van der Waals surface area contributed by atoms with Crippen LogP contribution < -0.4 is 4.74 Å². The number of ketones is 2. The van der Waals surface area contributed by atoms with E-state index in [1.807, 2.05) is 30.3 Å². The van der Waals surface area contributed by atoms with Crippen LogP contribution in [0.4, 0.5) is 0 Å². The van der Waals surface area contributed by atoms with E-state index in [0.29, 0.717) is 17.7 Å². The number of hydrogen-bond donors (Lipinski definition) is 0. The van der Waals surface area contributed by atoms with Gasteiger partial charge in [-0.25, -0.2) is 0 Å². The number of fused-ring (bicyclic) bond motifs is 1. The van der Waals surface area contributed by atoms with E-state index in [1.54, 1.807) is 26.2 Å². The number of allylic oxidation sites excluding steroid dienone is 2. The van der Waals surface area contributed by atoms with Crippen LogP contribution >= 0.6 is 11.8 Å². The molecule has 0 spiro atoms. The van der Waals surface area contributed by atoms with Crippen LogP contribution in [-0.4, -0.2) is 25.3 Å². The fourth-order valence-corrected chi connectivity index (χ4v) is 3.28. The van der Waals surface area contributed by atoms with Gasteiger partial charge in [0.25, 0.3) is 0 Å². The number of rotatable bonds is 5. The summed E-state index contributed by atoms with van der Waals surface area (Å²) in [5.74, 6) is 0.461. The molecule has 0 saturated carbocycles. The molecule has 4 nitrogen and oxygen atoms in total. The van der Waals surface area contributed by atoms with Gasteiger partial charge in [-0.05, 0) is 49.4 Å². The van der Waals surface area contributed by atoms with E-state index in [9.17, 15) is 9.59 Å². The van der Waals surface area contributed by atoms with Gasteiger partial charge in [0.15, 0.2) is 11.5 Å². The number of Topliss-reactive ketones (excluding diaryl/α,β-unsaturated/α-hetero) is 1. The topological polar surface area (TPSA) is 52.6 Å². The maximum absolute atomic E-state index is 12.3. The van der Waals surface area contributed by atoms with Crippen molar-refractivity contribution in [1.82, 2.24) is 0 Å². The van der Waals surface area contributed by atoms with Gasteiger partial charge in [0, 0.05) is 27.0 Å². The summed E-state index contributed by atoms with van der Waals surface area (Å²) >= 11 is 1.52. The van der Waals surface area contributed by atoms with Crippen LogP contribution in [0.5, 0.6) is 5.75 Å². The van der Waals surface area contributed by atoms with E-state index in [-0.39, 0.29) is 17.3 Å². The maximum Gasteiger partial charge on any atom is 0.228 e. The number of carbonyl (C=O) groups excluding carboxylic acids is 2. The molecule has 0 aromatic heterocycles. The van der Waals surface area contributed by atoms with Crippen molar-refractivity contribution < 1.29 is 19.1 Å². The van der Waals surface area contributed by atoms with E-state index in [1.165, 1.54) is 17.8 Å². The lowest BCUT2D eigenvalue weighted by Crippen LogP contribution is -2.18. The standard InChI is InChI=1S/C19H16O4S/c1-3-23-18-11-17(20)16-10-14(8-9-15(16)19(18)21)24-13-6-4-12(22-2)5-7-13/h4-11H,3H2,1-2H3. The minimum absolute atomic E-state index is 0.116. The molecule has 24 heavy (non-hydrogen) atoms. The molecule has 0 heterocycles. The van der Waals surface area contributed by atoms with E-state index in [0.717, 1.165) is 15.5 Å². The summed E-state index contributed by atoms with van der Waals surface area (Å²) in [5.41, 5.74) is 0.812. The van der Waals surface area contributed by atoms with Gasteiger partial charge in [-0.3, -0.25) is 9.59 Å². The lowest BCUT2D eigenvalue weighted by molar-refractivity contribution is 0.0891. The average molecular weight is 340 g/mol. The van der Waals surface area contributed by atoms with Gasteiger partial charge >= 0.3 is 0 Å². The molecule has 2 aromatic carbocycles. The second-order valence-electron chi connectivity index (χ2n) is 5.12. The molecule has 0 aliphatic heterocycles. The van der Waals surface area contributed by atoms with E-state index in [4.69, 9.17) is 9.47 Å². The summed E-state index contributed by atoms with van der Waals surface area (Å²) in [6.45, 7) is 2.13. The summed E-state index contributed by atoms with van der Waals surface area (Å²) < 4.78 is 10.4. The van der Waals surface area contributed by atoms with Crippen molar-refractivity contribution in [2.24, 2.45) is 0 Å². The molecule has 0 fully saturated rings. The normalized spacial score (nSPS) is 13.3. The second kappa shape index (κ2) is 6.93. The molecule has 3 rings (SSSR count). The zero-order valence-electron chi connectivity index (χ0n) is 13.4. The third-order valence-electron chi connectivity index (χ3n) is 3.58. The summed E-state index contributed by atoms with van der Waals surface area (Å²) in [7, 11) is 1.62. The van der Waals surface area contributed by atoms with Gasteiger partial charge in [-0.1, -0.05) is 11.8 Å². The minimum atomic E-state index is -0.243. The number of benzene rings is 2. The number of carbonyl (C=O) groups is 2. The van der Waals surface area contributed by atoms with Crippen molar-refractivity contribution in [2.45, 2.75) is 16.7 Å². The average Bonchev–Trinajstić information content (AvgIpc) is 2.60. The quantitative estimate of drug-likeness (QED) is 0.818. The van der Waals surface area contributed by atoms with E-state index in [2.05, 4.69) is 0 Å². The predicted octanol–water partition coefficient (Wildman–Crippen LogP) is 4.15. The van der Waals surface area contributed by atoms with Crippen molar-refractivity contribution in [3.63, 3.8) is 0 Å². The molecule has 2 aromatic rings. The van der Waals surface area contributed by atoms with Crippen molar-refractivity contribution in [1.29, 1.82) is 0 Å². The van der Waals surface area contributed by atoms with Gasteiger partial charge in [-0.2, -0.15) is 0 Å². The van der Waals surface area contributed by atoms with E-state index >= 15 is 0 Å². The predicted molar refractivity (Wildman–Crippen MR) is 91.9 cm³/mol. The van der Waals surface area contributed by atoms with Crippen LogP contribution in [0.25, 0.3) is 0 Å². The Morgan fingerprint density at radius 1 is 0.958 bits per heavy atom. The number of hydrogen-bond acceptors (Lipinski definition) is 5. The van der Waals surface area contributed by atoms with Crippen LogP contribution in [0.15, 0.2) is 64.1 Å². The minimum Gasteiger partial charge on any atom is -0.497 e. The molecule has 0 bridgehead atoms. The molecule has 0 radical (unpaired) electrons. The van der Waals surface area contributed by atoms with Crippen molar-refractivity contribution in [2.75, 3.05) is 13.7 Å². The van der Waals surface area contributed by atoms with Crippen LogP contribution in [0.3, 0.4) is 0 Å². The summed E-state index contributed by atoms with van der Waals surface area (Å²) in [5, 5.41) is 0. The Bertz CT molecular complexity index is 822. The summed E-state index contributed by atoms with van der Waals surface area (Å²) in [4.78, 5) is 26.5. The highest BCUT2D eigenvalue weighted by Crippen LogP contribution is 2.32. The zero-order valence-corrected chi connectivity index (χ0v) is 14.2. The molecular weight excluding hydrogens is 324 g/mol. The van der Waals surface area contributed by atoms with Gasteiger partial charge < -0.3 is 9.47 Å². The van der Waals surface area contributed by atoms with E-state index < -0.39 is 0 Å². The third kappa shape index (κ3) is 3.21. The molecule has 0 atom stereocenters. The monoisotopic (exact) mass is 340 g/mol. The number of ether oxygens (including phenoxy) is 2. The smallest absolute Gasteiger partial charge is 0.228 e. The molecule has 0 saturated heterocycles. The Hall–Kier alpha value is -2.53. The Morgan fingerprint density at radius 3 is 2.33 bits per heavy atom. The van der Waals surface area contributed by atoms with Crippen molar-refractivity contribution in [3.8, 4) is 5.75 Å². The fourth-order valence-electron chi connectivity index (χ4n) is 2.43. The van der Waals surface area contributed by atoms with Gasteiger partial charge in [0.1, 0.15) is 5.75 Å². The molecule has 1 aliphatic carbocycles. The molecule has 122 valence electrons. The van der Waals surface area contributed by atoms with Crippen molar-refractivity contribution in [3.05, 3.63) is 65.4 Å². The first-order chi connectivity index (χ1) is 11.6.